The highest BCUT2D eigenvalue weighted by molar-refractivity contribution is 6.30. The van der Waals surface area contributed by atoms with E-state index in [0.717, 1.165) is 0 Å². The number of carbonyl (C=O) groups is 4. The number of Topliss-reactive ketones (excluding diaryl/α,β-unsaturated/α-hetero) is 1. The molecule has 0 saturated heterocycles. The van der Waals surface area contributed by atoms with E-state index in [1.807, 2.05) is 0 Å². The average Bonchev–Trinajstić information content (AvgIpc) is 2.56. The number of benzene rings is 1. The third-order valence-electron chi connectivity index (χ3n) is 2.98. The van der Waals surface area contributed by atoms with Crippen molar-refractivity contribution < 1.29 is 23.9 Å². The van der Waals surface area contributed by atoms with Gasteiger partial charge < -0.3 is 15.4 Å². The van der Waals surface area contributed by atoms with Gasteiger partial charge in [-0.3, -0.25) is 19.2 Å². The topological polar surface area (TPSA) is 102 Å². The Hall–Kier alpha value is -2.41. The number of nitrogens with one attached hydrogen (secondary N) is 2. The second-order valence-corrected chi connectivity index (χ2v) is 6.03. The fourth-order valence-corrected chi connectivity index (χ4v) is 1.94. The first-order valence-electron chi connectivity index (χ1n) is 7.78. The number of amides is 2. The highest BCUT2D eigenvalue weighted by Crippen LogP contribution is 2.12. The van der Waals surface area contributed by atoms with E-state index >= 15 is 0 Å². The van der Waals surface area contributed by atoms with Gasteiger partial charge in [-0.15, -0.1) is 0 Å². The van der Waals surface area contributed by atoms with E-state index in [1.165, 1.54) is 0 Å². The molecule has 1 aromatic carbocycles. The lowest BCUT2D eigenvalue weighted by Gasteiger charge is -2.09. The molecule has 0 saturated carbocycles. The van der Waals surface area contributed by atoms with Gasteiger partial charge in [-0.1, -0.05) is 11.6 Å². The van der Waals surface area contributed by atoms with Gasteiger partial charge in [-0.05, 0) is 38.1 Å². The summed E-state index contributed by atoms with van der Waals surface area (Å²) in [4.78, 5) is 46.3. The van der Waals surface area contributed by atoms with E-state index in [-0.39, 0.29) is 37.1 Å². The number of halogens is 1. The van der Waals surface area contributed by atoms with Crippen molar-refractivity contribution in [2.75, 3.05) is 13.2 Å². The molecule has 2 N–H and O–H groups in total. The highest BCUT2D eigenvalue weighted by Gasteiger charge is 2.12. The Kier molecular flexibility index (Phi) is 8.63. The lowest BCUT2D eigenvalue weighted by molar-refractivity contribution is -0.148. The van der Waals surface area contributed by atoms with Crippen LogP contribution in [0.3, 0.4) is 0 Å². The zero-order valence-corrected chi connectivity index (χ0v) is 14.9. The van der Waals surface area contributed by atoms with E-state index in [2.05, 4.69) is 10.6 Å². The highest BCUT2D eigenvalue weighted by atomic mass is 35.5. The molecule has 8 heteroatoms. The van der Waals surface area contributed by atoms with Crippen LogP contribution in [0.15, 0.2) is 24.3 Å². The monoisotopic (exact) mass is 368 g/mol. The molecule has 0 fully saturated rings. The molecule has 0 aliphatic carbocycles. The van der Waals surface area contributed by atoms with Crippen molar-refractivity contribution in [3.63, 3.8) is 0 Å². The van der Waals surface area contributed by atoms with Gasteiger partial charge in [-0.2, -0.15) is 0 Å². The summed E-state index contributed by atoms with van der Waals surface area (Å²) in [6.07, 6.45) is -0.165. The fourth-order valence-electron chi connectivity index (χ4n) is 1.82. The molecule has 0 atom stereocenters. The number of ketones is 1. The van der Waals surface area contributed by atoms with Crippen LogP contribution < -0.4 is 10.6 Å². The molecular weight excluding hydrogens is 348 g/mol. The van der Waals surface area contributed by atoms with Gasteiger partial charge in [0.25, 0.3) is 5.91 Å². The molecule has 0 aliphatic heterocycles. The Bertz CT molecular complexity index is 628. The van der Waals surface area contributed by atoms with Crippen LogP contribution in [0.25, 0.3) is 0 Å². The number of esters is 1. The molecule has 1 rings (SSSR count). The predicted octanol–water partition coefficient (Wildman–Crippen LogP) is 1.49. The molecule has 0 radical (unpaired) electrons. The Morgan fingerprint density at radius 1 is 1.04 bits per heavy atom. The molecule has 1 aromatic rings. The molecule has 0 aliphatic rings. The van der Waals surface area contributed by atoms with E-state index in [0.29, 0.717) is 10.6 Å². The van der Waals surface area contributed by atoms with Crippen molar-refractivity contribution in [3.8, 4) is 0 Å². The van der Waals surface area contributed by atoms with Crippen LogP contribution >= 0.6 is 11.6 Å². The minimum Gasteiger partial charge on any atom is -0.456 e. The Labute approximate surface area is 151 Å². The molecular formula is C17H21ClN2O5. The van der Waals surface area contributed by atoms with Gasteiger partial charge in [0.1, 0.15) is 0 Å². The third kappa shape index (κ3) is 8.85. The average molecular weight is 369 g/mol. The van der Waals surface area contributed by atoms with Crippen molar-refractivity contribution in [1.29, 1.82) is 0 Å². The van der Waals surface area contributed by atoms with Crippen molar-refractivity contribution in [2.24, 2.45) is 0 Å². The molecule has 25 heavy (non-hydrogen) atoms. The van der Waals surface area contributed by atoms with Gasteiger partial charge >= 0.3 is 5.97 Å². The number of hydrogen-bond donors (Lipinski definition) is 2. The molecule has 2 amide bonds. The summed E-state index contributed by atoms with van der Waals surface area (Å²) >= 11 is 5.74. The van der Waals surface area contributed by atoms with Crippen molar-refractivity contribution in [3.05, 3.63) is 34.9 Å². The van der Waals surface area contributed by atoms with E-state index in [1.54, 1.807) is 38.1 Å². The van der Waals surface area contributed by atoms with Gasteiger partial charge in [0, 0.05) is 23.0 Å². The van der Waals surface area contributed by atoms with Gasteiger partial charge in [-0.25, -0.2) is 0 Å². The van der Waals surface area contributed by atoms with E-state index < -0.39 is 18.5 Å². The maximum absolute atomic E-state index is 11.9. The van der Waals surface area contributed by atoms with Crippen molar-refractivity contribution in [1.82, 2.24) is 10.6 Å². The summed E-state index contributed by atoms with van der Waals surface area (Å²) in [6.45, 7) is 2.91. The number of ether oxygens (including phenoxy) is 1. The fraction of sp³-hybridized carbons (Fsp3) is 0.412. The second kappa shape index (κ2) is 10.5. The van der Waals surface area contributed by atoms with Crippen LogP contribution in [0.4, 0.5) is 0 Å². The lowest BCUT2D eigenvalue weighted by atomic mass is 10.1. The SMILES string of the molecule is CC(C)NC(=O)CNC(=O)COC(=O)CCC(=O)c1ccc(Cl)cc1. The van der Waals surface area contributed by atoms with Gasteiger partial charge in [0.2, 0.25) is 5.91 Å². The molecule has 136 valence electrons. The van der Waals surface area contributed by atoms with E-state index in [9.17, 15) is 19.2 Å². The summed E-state index contributed by atoms with van der Waals surface area (Å²) < 4.78 is 4.77. The van der Waals surface area contributed by atoms with E-state index in [4.69, 9.17) is 16.3 Å². The van der Waals surface area contributed by atoms with Crippen molar-refractivity contribution in [2.45, 2.75) is 32.7 Å². The van der Waals surface area contributed by atoms with Crippen LogP contribution in [0.2, 0.25) is 5.02 Å². The Morgan fingerprint density at radius 3 is 2.28 bits per heavy atom. The first kappa shape index (κ1) is 20.6. The first-order chi connectivity index (χ1) is 11.8. The summed E-state index contributed by atoms with van der Waals surface area (Å²) in [6, 6.07) is 6.30. The molecule has 0 spiro atoms. The first-order valence-corrected chi connectivity index (χ1v) is 8.16. The zero-order chi connectivity index (χ0) is 18.8. The quantitative estimate of drug-likeness (QED) is 0.508. The van der Waals surface area contributed by atoms with Crippen LogP contribution in [0.5, 0.6) is 0 Å². The van der Waals surface area contributed by atoms with Crippen LogP contribution in [0.1, 0.15) is 37.0 Å². The second-order valence-electron chi connectivity index (χ2n) is 5.59. The number of carbonyl (C=O) groups excluding carboxylic acids is 4. The smallest absolute Gasteiger partial charge is 0.306 e. The molecule has 0 unspecified atom stereocenters. The third-order valence-corrected chi connectivity index (χ3v) is 3.23. The summed E-state index contributed by atoms with van der Waals surface area (Å²) in [7, 11) is 0. The number of hydrogen-bond acceptors (Lipinski definition) is 5. The molecule has 0 heterocycles. The Morgan fingerprint density at radius 2 is 1.68 bits per heavy atom. The minimum absolute atomic E-state index is 0.0274. The zero-order valence-electron chi connectivity index (χ0n) is 14.1. The lowest BCUT2D eigenvalue weighted by Crippen LogP contribution is -2.41. The summed E-state index contributed by atoms with van der Waals surface area (Å²) in [5.41, 5.74) is 0.450. The standard InChI is InChI=1S/C17H21ClN2O5/c1-11(2)20-15(22)9-19-16(23)10-25-17(24)8-7-14(21)12-3-5-13(18)6-4-12/h3-6,11H,7-10H2,1-2H3,(H,19,23)(H,20,22). The molecule has 0 aromatic heterocycles. The normalized spacial score (nSPS) is 10.2. The minimum atomic E-state index is -0.663. The maximum atomic E-state index is 11.9. The van der Waals surface area contributed by atoms with Crippen LogP contribution in [0, 0.1) is 0 Å². The Balaban J connectivity index is 2.23. The largest absolute Gasteiger partial charge is 0.456 e. The number of rotatable bonds is 9. The maximum Gasteiger partial charge on any atom is 0.306 e. The van der Waals surface area contributed by atoms with Crippen LogP contribution in [-0.2, 0) is 19.1 Å². The molecule has 7 nitrogen and oxygen atoms in total. The summed E-state index contributed by atoms with van der Waals surface area (Å²) in [5, 5.41) is 5.46. The van der Waals surface area contributed by atoms with Gasteiger partial charge in [0.05, 0.1) is 13.0 Å². The van der Waals surface area contributed by atoms with Crippen molar-refractivity contribution >= 4 is 35.2 Å². The van der Waals surface area contributed by atoms with Crippen LogP contribution in [-0.4, -0.2) is 42.8 Å². The predicted molar refractivity (Wildman–Crippen MR) is 92.3 cm³/mol. The summed E-state index contributed by atoms with van der Waals surface area (Å²) in [5.74, 6) is -1.80. The molecule has 0 bridgehead atoms. The van der Waals surface area contributed by atoms with Gasteiger partial charge in [0.15, 0.2) is 12.4 Å².